The van der Waals surface area contributed by atoms with Crippen LogP contribution in [-0.4, -0.2) is 79.2 Å². The monoisotopic (exact) mass is 551 g/mol. The number of piperazine rings is 1. The number of benzene rings is 3. The Morgan fingerprint density at radius 1 is 1.00 bits per heavy atom. The third-order valence-electron chi connectivity index (χ3n) is 8.67. The highest BCUT2D eigenvalue weighted by molar-refractivity contribution is 6.08. The van der Waals surface area contributed by atoms with Gasteiger partial charge in [-0.1, -0.05) is 18.2 Å². The van der Waals surface area contributed by atoms with Gasteiger partial charge < -0.3 is 24.8 Å². The third-order valence-corrected chi connectivity index (χ3v) is 8.67. The van der Waals surface area contributed by atoms with Crippen molar-refractivity contribution in [2.45, 2.75) is 38.8 Å². The van der Waals surface area contributed by atoms with Gasteiger partial charge in [-0.2, -0.15) is 0 Å². The largest absolute Gasteiger partial charge is 0.493 e. The summed E-state index contributed by atoms with van der Waals surface area (Å²) in [7, 11) is 2.19. The number of carbonyl (C=O) groups excluding carboxylic acids is 1. The number of aromatic nitrogens is 1. The lowest BCUT2D eigenvalue weighted by Crippen LogP contribution is -2.48. The van der Waals surface area contributed by atoms with Crippen LogP contribution in [0.25, 0.3) is 22.0 Å². The molecule has 2 aliphatic heterocycles. The number of H-pyrrole nitrogens is 1. The van der Waals surface area contributed by atoms with Crippen molar-refractivity contribution in [2.75, 3.05) is 56.6 Å². The van der Waals surface area contributed by atoms with Gasteiger partial charge in [0.05, 0.1) is 18.0 Å². The quantitative estimate of drug-likeness (QED) is 0.291. The maximum Gasteiger partial charge on any atom is 0.258 e. The van der Waals surface area contributed by atoms with Gasteiger partial charge in [-0.15, -0.1) is 0 Å². The van der Waals surface area contributed by atoms with Crippen molar-refractivity contribution in [1.82, 2.24) is 14.8 Å². The van der Waals surface area contributed by atoms with Gasteiger partial charge in [0.1, 0.15) is 5.75 Å². The maximum absolute atomic E-state index is 14.0. The fourth-order valence-electron chi connectivity index (χ4n) is 6.00. The van der Waals surface area contributed by atoms with Gasteiger partial charge in [0.15, 0.2) is 0 Å². The fourth-order valence-corrected chi connectivity index (χ4v) is 6.00. The summed E-state index contributed by atoms with van der Waals surface area (Å²) in [5, 5.41) is 4.71. The molecule has 0 spiro atoms. The standard InChI is InChI=1S/C34H41N5O2/c1-24-13-16-39(32-7-5-4-6-31(32)36-24)34(40)28-8-10-29(26-9-11-30-27(22-26)12-15-35-30)33(23-28)41-21-14-25(2)38-19-17-37(3)18-20-38/h4-12,15,22-25,35-36H,13-14,16-21H2,1-3H3/t24-,25?/m0/s1. The van der Waals surface area contributed by atoms with E-state index in [-0.39, 0.29) is 5.91 Å². The highest BCUT2D eigenvalue weighted by Crippen LogP contribution is 2.35. The van der Waals surface area contributed by atoms with Crippen LogP contribution in [-0.2, 0) is 0 Å². The second kappa shape index (κ2) is 12.0. The molecule has 3 aromatic carbocycles. The van der Waals surface area contributed by atoms with Crippen molar-refractivity contribution in [3.05, 3.63) is 78.5 Å². The Morgan fingerprint density at radius 3 is 2.68 bits per heavy atom. The molecule has 0 radical (unpaired) electrons. The Labute approximate surface area is 243 Å². The lowest BCUT2D eigenvalue weighted by Gasteiger charge is -2.36. The first kappa shape index (κ1) is 27.4. The van der Waals surface area contributed by atoms with Gasteiger partial charge >= 0.3 is 0 Å². The molecule has 214 valence electrons. The number of fused-ring (bicyclic) bond motifs is 2. The molecule has 4 aromatic rings. The number of para-hydroxylation sites is 2. The van der Waals surface area contributed by atoms with E-state index in [4.69, 9.17) is 4.74 Å². The van der Waals surface area contributed by atoms with Gasteiger partial charge in [-0.3, -0.25) is 9.69 Å². The van der Waals surface area contributed by atoms with E-state index in [1.807, 2.05) is 53.6 Å². The smallest absolute Gasteiger partial charge is 0.258 e. The van der Waals surface area contributed by atoms with E-state index in [9.17, 15) is 4.79 Å². The van der Waals surface area contributed by atoms with E-state index < -0.39 is 0 Å². The number of anilines is 2. The maximum atomic E-state index is 14.0. The Hall–Kier alpha value is -3.81. The molecule has 1 saturated heterocycles. The summed E-state index contributed by atoms with van der Waals surface area (Å²) in [6, 6.07) is 23.2. The van der Waals surface area contributed by atoms with Gasteiger partial charge in [0.25, 0.3) is 5.91 Å². The van der Waals surface area contributed by atoms with Gasteiger partial charge in [0.2, 0.25) is 0 Å². The molecule has 41 heavy (non-hydrogen) atoms. The molecule has 2 aliphatic rings. The van der Waals surface area contributed by atoms with Crippen molar-refractivity contribution in [3.8, 4) is 16.9 Å². The highest BCUT2D eigenvalue weighted by Gasteiger charge is 2.25. The first-order valence-electron chi connectivity index (χ1n) is 14.9. The molecule has 2 atom stereocenters. The average Bonchev–Trinajstić information content (AvgIpc) is 3.39. The minimum absolute atomic E-state index is 0.00311. The highest BCUT2D eigenvalue weighted by atomic mass is 16.5. The number of nitrogens with zero attached hydrogens (tertiary/aromatic N) is 3. The number of nitrogens with one attached hydrogen (secondary N) is 2. The molecule has 1 aromatic heterocycles. The molecule has 0 aliphatic carbocycles. The second-order valence-electron chi connectivity index (χ2n) is 11.6. The van der Waals surface area contributed by atoms with Crippen molar-refractivity contribution < 1.29 is 9.53 Å². The number of carbonyl (C=O) groups is 1. The summed E-state index contributed by atoms with van der Waals surface area (Å²) in [4.78, 5) is 24.1. The summed E-state index contributed by atoms with van der Waals surface area (Å²) < 4.78 is 6.53. The minimum Gasteiger partial charge on any atom is -0.493 e. The molecule has 3 heterocycles. The number of rotatable bonds is 7. The Kier molecular flexibility index (Phi) is 7.99. The van der Waals surface area contributed by atoms with Crippen LogP contribution in [0.15, 0.2) is 72.9 Å². The normalized spacial score (nSPS) is 18.9. The van der Waals surface area contributed by atoms with Gasteiger partial charge in [0, 0.05) is 67.6 Å². The van der Waals surface area contributed by atoms with Crippen LogP contribution < -0.4 is 15.0 Å². The Balaban J connectivity index is 1.28. The lowest BCUT2D eigenvalue weighted by atomic mass is 10.0. The van der Waals surface area contributed by atoms with E-state index in [0.717, 1.165) is 78.2 Å². The third kappa shape index (κ3) is 5.97. The minimum atomic E-state index is -0.00311. The van der Waals surface area contributed by atoms with Crippen LogP contribution >= 0.6 is 0 Å². The SMILES string of the molecule is CC(CCOc1cc(C(=O)N2CC[C@H](C)Nc3ccccc32)ccc1-c1ccc2[nH]ccc2c1)N1CCN(C)CC1. The number of hydrogen-bond donors (Lipinski definition) is 2. The van der Waals surface area contributed by atoms with Crippen molar-refractivity contribution in [2.24, 2.45) is 0 Å². The molecule has 1 unspecified atom stereocenters. The fraction of sp³-hybridized carbons (Fsp3) is 0.382. The van der Waals surface area contributed by atoms with Crippen LogP contribution in [0.3, 0.4) is 0 Å². The molecule has 7 heteroatoms. The number of amides is 1. The molecule has 0 bridgehead atoms. The van der Waals surface area contributed by atoms with E-state index >= 15 is 0 Å². The van der Waals surface area contributed by atoms with Crippen LogP contribution in [0, 0.1) is 0 Å². The van der Waals surface area contributed by atoms with Crippen molar-refractivity contribution in [3.63, 3.8) is 0 Å². The average molecular weight is 552 g/mol. The number of aromatic amines is 1. The molecule has 6 rings (SSSR count). The zero-order chi connectivity index (χ0) is 28.3. The molecule has 0 saturated carbocycles. The summed E-state index contributed by atoms with van der Waals surface area (Å²) >= 11 is 0. The zero-order valence-electron chi connectivity index (χ0n) is 24.4. The summed E-state index contributed by atoms with van der Waals surface area (Å²) in [5.74, 6) is 0.752. The van der Waals surface area contributed by atoms with E-state index in [1.165, 1.54) is 0 Å². The molecular weight excluding hydrogens is 510 g/mol. The Morgan fingerprint density at radius 2 is 1.83 bits per heavy atom. The van der Waals surface area contributed by atoms with Crippen LogP contribution in [0.5, 0.6) is 5.75 Å². The van der Waals surface area contributed by atoms with E-state index in [2.05, 4.69) is 65.3 Å². The van der Waals surface area contributed by atoms with E-state index in [0.29, 0.717) is 30.8 Å². The number of ether oxygens (including phenoxy) is 1. The molecule has 7 nitrogen and oxygen atoms in total. The summed E-state index contributed by atoms with van der Waals surface area (Å²) in [6.07, 6.45) is 3.77. The summed E-state index contributed by atoms with van der Waals surface area (Å²) in [5.41, 5.74) is 5.75. The lowest BCUT2D eigenvalue weighted by molar-refractivity contribution is 0.0985. The topological polar surface area (TPSA) is 63.8 Å². The Bertz CT molecular complexity index is 1510. The number of hydrogen-bond acceptors (Lipinski definition) is 5. The first-order valence-corrected chi connectivity index (χ1v) is 14.9. The van der Waals surface area contributed by atoms with Crippen LogP contribution in [0.2, 0.25) is 0 Å². The predicted octanol–water partition coefficient (Wildman–Crippen LogP) is 6.09. The van der Waals surface area contributed by atoms with Crippen LogP contribution in [0.1, 0.15) is 37.0 Å². The zero-order valence-corrected chi connectivity index (χ0v) is 24.4. The van der Waals surface area contributed by atoms with Gasteiger partial charge in [-0.05, 0) is 93.2 Å². The molecule has 1 amide bonds. The number of likely N-dealkylation sites (N-methyl/N-ethyl adjacent to an activating group) is 1. The second-order valence-corrected chi connectivity index (χ2v) is 11.6. The van der Waals surface area contributed by atoms with E-state index in [1.54, 1.807) is 0 Å². The van der Waals surface area contributed by atoms with Crippen molar-refractivity contribution >= 4 is 28.2 Å². The molecule has 1 fully saturated rings. The van der Waals surface area contributed by atoms with Gasteiger partial charge in [-0.25, -0.2) is 0 Å². The predicted molar refractivity (Wildman–Crippen MR) is 168 cm³/mol. The first-order chi connectivity index (χ1) is 20.0. The molecule has 2 N–H and O–H groups in total. The molecular formula is C34H41N5O2. The van der Waals surface area contributed by atoms with Crippen LogP contribution in [0.4, 0.5) is 11.4 Å². The summed E-state index contributed by atoms with van der Waals surface area (Å²) in [6.45, 7) is 10.1. The van der Waals surface area contributed by atoms with Crippen molar-refractivity contribution in [1.29, 1.82) is 0 Å².